The average Bonchev–Trinajstić information content (AvgIpc) is 3.16. The number of amides is 1. The Balaban J connectivity index is 1.80. The molecular formula is C16H21N5O. The van der Waals surface area contributed by atoms with Gasteiger partial charge in [-0.05, 0) is 44.5 Å². The van der Waals surface area contributed by atoms with E-state index in [1.165, 1.54) is 0 Å². The molecule has 6 nitrogen and oxygen atoms in total. The maximum atomic E-state index is 12.6. The number of nitrogens with one attached hydrogen (secondary N) is 1. The summed E-state index contributed by atoms with van der Waals surface area (Å²) in [6.07, 6.45) is 3.80. The van der Waals surface area contributed by atoms with E-state index in [0.29, 0.717) is 5.69 Å². The number of hydrogen-bond acceptors (Lipinski definition) is 4. The van der Waals surface area contributed by atoms with Crippen LogP contribution in [0.25, 0.3) is 5.69 Å². The van der Waals surface area contributed by atoms with Gasteiger partial charge in [-0.25, -0.2) is 4.68 Å². The third-order valence-corrected chi connectivity index (χ3v) is 4.06. The van der Waals surface area contributed by atoms with Crippen LogP contribution in [0.2, 0.25) is 0 Å². The Morgan fingerprint density at radius 1 is 1.45 bits per heavy atom. The first-order valence-electron chi connectivity index (χ1n) is 7.64. The molecule has 6 heteroatoms. The summed E-state index contributed by atoms with van der Waals surface area (Å²) in [6.45, 7) is 3.64. The largest absolute Gasteiger partial charge is 0.333 e. The highest BCUT2D eigenvalue weighted by molar-refractivity contribution is 5.92. The minimum Gasteiger partial charge on any atom is -0.333 e. The van der Waals surface area contributed by atoms with Crippen LogP contribution in [0.4, 0.5) is 0 Å². The molecular weight excluding hydrogens is 278 g/mol. The third kappa shape index (κ3) is 2.87. The van der Waals surface area contributed by atoms with Gasteiger partial charge in [-0.15, -0.1) is 5.10 Å². The molecule has 2 aromatic rings. The van der Waals surface area contributed by atoms with Crippen molar-refractivity contribution in [3.63, 3.8) is 0 Å². The monoisotopic (exact) mass is 299 g/mol. The number of carbonyl (C=O) groups excluding carboxylic acids is 1. The lowest BCUT2D eigenvalue weighted by molar-refractivity contribution is 0.0731. The highest BCUT2D eigenvalue weighted by Crippen LogP contribution is 2.19. The van der Waals surface area contributed by atoms with E-state index >= 15 is 0 Å². The predicted molar refractivity (Wildman–Crippen MR) is 84.1 cm³/mol. The molecule has 116 valence electrons. The van der Waals surface area contributed by atoms with E-state index in [2.05, 4.69) is 15.6 Å². The Bertz CT molecular complexity index is 666. The average molecular weight is 299 g/mol. The first kappa shape index (κ1) is 14.7. The van der Waals surface area contributed by atoms with Gasteiger partial charge in [0.15, 0.2) is 5.69 Å². The summed E-state index contributed by atoms with van der Waals surface area (Å²) in [5, 5.41) is 11.3. The van der Waals surface area contributed by atoms with Crippen molar-refractivity contribution in [2.24, 2.45) is 0 Å². The lowest BCUT2D eigenvalue weighted by atomic mass is 10.2. The smallest absolute Gasteiger partial charge is 0.276 e. The number of benzene rings is 1. The molecule has 1 aromatic carbocycles. The van der Waals surface area contributed by atoms with Crippen molar-refractivity contribution >= 4 is 5.91 Å². The van der Waals surface area contributed by atoms with Crippen LogP contribution in [0.1, 0.15) is 28.9 Å². The fourth-order valence-electron chi connectivity index (χ4n) is 2.96. The molecule has 1 fully saturated rings. The summed E-state index contributed by atoms with van der Waals surface area (Å²) in [5.74, 6) is -0.0309. The van der Waals surface area contributed by atoms with Crippen LogP contribution in [0, 0.1) is 6.92 Å². The maximum Gasteiger partial charge on any atom is 0.276 e. The van der Waals surface area contributed by atoms with Crippen molar-refractivity contribution in [1.29, 1.82) is 0 Å². The predicted octanol–water partition coefficient (Wildman–Crippen LogP) is 1.40. The Morgan fingerprint density at radius 3 is 3.09 bits per heavy atom. The highest BCUT2D eigenvalue weighted by atomic mass is 16.2. The van der Waals surface area contributed by atoms with E-state index in [0.717, 1.165) is 37.2 Å². The number of aryl methyl sites for hydroxylation is 1. The van der Waals surface area contributed by atoms with Gasteiger partial charge in [0.05, 0.1) is 11.9 Å². The van der Waals surface area contributed by atoms with Crippen LogP contribution in [0.3, 0.4) is 0 Å². The zero-order valence-electron chi connectivity index (χ0n) is 13.0. The van der Waals surface area contributed by atoms with Crippen LogP contribution in [-0.2, 0) is 0 Å². The van der Waals surface area contributed by atoms with Crippen LogP contribution >= 0.6 is 0 Å². The Hall–Kier alpha value is -2.21. The van der Waals surface area contributed by atoms with E-state index in [-0.39, 0.29) is 11.9 Å². The maximum absolute atomic E-state index is 12.6. The van der Waals surface area contributed by atoms with E-state index in [9.17, 15) is 4.79 Å². The number of hydrogen-bond donors (Lipinski definition) is 1. The molecule has 0 aliphatic carbocycles. The standard InChI is InChI=1S/C16H21N5O/c1-12-5-3-6-13(9-12)21-11-15(18-19-21)16(22)20-8-4-7-14(20)10-17-2/h3,5-6,9,11,14,17H,4,7-8,10H2,1-2H3/t14-/m0/s1. The molecule has 1 aliphatic rings. The minimum atomic E-state index is -0.0309. The molecule has 1 atom stereocenters. The normalized spacial score (nSPS) is 17.9. The molecule has 3 rings (SSSR count). The third-order valence-electron chi connectivity index (χ3n) is 4.06. The number of carbonyl (C=O) groups is 1. The van der Waals surface area contributed by atoms with Gasteiger partial charge < -0.3 is 10.2 Å². The number of likely N-dealkylation sites (N-methyl/N-ethyl adjacent to an activating group) is 1. The van der Waals surface area contributed by atoms with Crippen molar-refractivity contribution in [1.82, 2.24) is 25.2 Å². The fourth-order valence-corrected chi connectivity index (χ4v) is 2.96. The zero-order valence-corrected chi connectivity index (χ0v) is 13.0. The number of likely N-dealkylation sites (tertiary alicyclic amines) is 1. The van der Waals surface area contributed by atoms with Crippen LogP contribution in [0.5, 0.6) is 0 Å². The van der Waals surface area contributed by atoms with Crippen molar-refractivity contribution < 1.29 is 4.79 Å². The van der Waals surface area contributed by atoms with E-state index in [1.54, 1.807) is 10.9 Å². The summed E-state index contributed by atoms with van der Waals surface area (Å²) in [7, 11) is 1.91. The molecule has 1 aromatic heterocycles. The fraction of sp³-hybridized carbons (Fsp3) is 0.438. The number of nitrogens with zero attached hydrogens (tertiary/aromatic N) is 4. The van der Waals surface area contributed by atoms with E-state index in [1.807, 2.05) is 43.1 Å². The number of rotatable bonds is 4. The van der Waals surface area contributed by atoms with Crippen molar-refractivity contribution in [3.8, 4) is 5.69 Å². The summed E-state index contributed by atoms with van der Waals surface area (Å²) < 4.78 is 1.66. The molecule has 1 aliphatic heterocycles. The lowest BCUT2D eigenvalue weighted by Gasteiger charge is -2.23. The molecule has 1 N–H and O–H groups in total. The molecule has 2 heterocycles. The van der Waals surface area contributed by atoms with E-state index < -0.39 is 0 Å². The first-order valence-corrected chi connectivity index (χ1v) is 7.64. The summed E-state index contributed by atoms with van der Waals surface area (Å²) in [5.41, 5.74) is 2.47. The summed E-state index contributed by atoms with van der Waals surface area (Å²) >= 11 is 0. The van der Waals surface area contributed by atoms with Gasteiger partial charge in [0.2, 0.25) is 0 Å². The van der Waals surface area contributed by atoms with Gasteiger partial charge in [0, 0.05) is 19.1 Å². The molecule has 1 saturated heterocycles. The van der Waals surface area contributed by atoms with Gasteiger partial charge in [-0.2, -0.15) is 0 Å². The second-order valence-corrected chi connectivity index (χ2v) is 5.74. The molecule has 0 spiro atoms. The minimum absolute atomic E-state index is 0.0309. The van der Waals surface area contributed by atoms with Crippen LogP contribution in [0.15, 0.2) is 30.5 Å². The zero-order chi connectivity index (χ0) is 15.5. The topological polar surface area (TPSA) is 63.1 Å². The van der Waals surface area contributed by atoms with Crippen molar-refractivity contribution in [2.75, 3.05) is 20.1 Å². The molecule has 0 saturated carbocycles. The van der Waals surface area contributed by atoms with Crippen LogP contribution in [-0.4, -0.2) is 52.0 Å². The second kappa shape index (κ2) is 6.27. The van der Waals surface area contributed by atoms with Gasteiger partial charge >= 0.3 is 0 Å². The SMILES string of the molecule is CNC[C@@H]1CCCN1C(=O)c1cn(-c2cccc(C)c2)nn1. The van der Waals surface area contributed by atoms with E-state index in [4.69, 9.17) is 0 Å². The Kier molecular flexibility index (Phi) is 4.20. The summed E-state index contributed by atoms with van der Waals surface area (Å²) in [4.78, 5) is 14.5. The van der Waals surface area contributed by atoms with Gasteiger partial charge in [-0.1, -0.05) is 17.3 Å². The number of aromatic nitrogens is 3. The van der Waals surface area contributed by atoms with Crippen LogP contribution < -0.4 is 5.32 Å². The summed E-state index contributed by atoms with van der Waals surface area (Å²) in [6, 6.07) is 8.22. The first-order chi connectivity index (χ1) is 10.7. The molecule has 0 radical (unpaired) electrons. The quantitative estimate of drug-likeness (QED) is 0.927. The van der Waals surface area contributed by atoms with Crippen molar-refractivity contribution in [3.05, 3.63) is 41.7 Å². The van der Waals surface area contributed by atoms with Gasteiger partial charge in [-0.3, -0.25) is 4.79 Å². The second-order valence-electron chi connectivity index (χ2n) is 5.74. The molecule has 1 amide bonds. The van der Waals surface area contributed by atoms with Gasteiger partial charge in [0.1, 0.15) is 0 Å². The molecule has 0 bridgehead atoms. The molecule has 22 heavy (non-hydrogen) atoms. The lowest BCUT2D eigenvalue weighted by Crippen LogP contribution is -2.41. The Labute approximate surface area is 130 Å². The van der Waals surface area contributed by atoms with Crippen molar-refractivity contribution in [2.45, 2.75) is 25.8 Å². The Morgan fingerprint density at radius 2 is 2.32 bits per heavy atom. The molecule has 0 unspecified atom stereocenters. The van der Waals surface area contributed by atoms with Gasteiger partial charge in [0.25, 0.3) is 5.91 Å². The highest BCUT2D eigenvalue weighted by Gasteiger charge is 2.30.